The first-order chi connectivity index (χ1) is 10.3. The Morgan fingerprint density at radius 3 is 2.18 bits per heavy atom. The second kappa shape index (κ2) is 6.49. The van der Waals surface area contributed by atoms with Crippen molar-refractivity contribution in [2.75, 3.05) is 13.7 Å². The number of aliphatic hydroxyl groups is 4. The van der Waals surface area contributed by atoms with Gasteiger partial charge in [0.1, 0.15) is 30.2 Å². The van der Waals surface area contributed by atoms with Gasteiger partial charge in [-0.05, 0) is 24.3 Å². The summed E-state index contributed by atoms with van der Waals surface area (Å²) in [4.78, 5) is -0.141. The van der Waals surface area contributed by atoms with Crippen molar-refractivity contribution in [2.24, 2.45) is 0 Å². The van der Waals surface area contributed by atoms with Gasteiger partial charge in [-0.25, -0.2) is 8.42 Å². The van der Waals surface area contributed by atoms with Crippen LogP contribution in [0.1, 0.15) is 0 Å². The first kappa shape index (κ1) is 17.1. The summed E-state index contributed by atoms with van der Waals surface area (Å²) in [6.45, 7) is -0.695. The Hall–Kier alpha value is -1.23. The van der Waals surface area contributed by atoms with E-state index < -0.39 is 46.3 Å². The lowest BCUT2D eigenvalue weighted by Gasteiger charge is -2.39. The minimum atomic E-state index is -4.15. The maximum Gasteiger partial charge on any atom is 0.207 e. The lowest BCUT2D eigenvalue weighted by molar-refractivity contribution is -0.207. The molecule has 0 amide bonds. The number of methoxy groups -OCH3 is 1. The van der Waals surface area contributed by atoms with Gasteiger partial charge < -0.3 is 29.9 Å². The Kier molecular flexibility index (Phi) is 5.05. The second-order valence-corrected chi connectivity index (χ2v) is 6.94. The number of rotatable bonds is 4. The van der Waals surface area contributed by atoms with E-state index in [9.17, 15) is 23.7 Å². The molecule has 5 atom stereocenters. The first-order valence-corrected chi connectivity index (χ1v) is 8.06. The van der Waals surface area contributed by atoms with E-state index in [4.69, 9.17) is 14.6 Å². The highest BCUT2D eigenvalue weighted by Gasteiger charge is 2.49. The van der Waals surface area contributed by atoms with Gasteiger partial charge in [0.15, 0.2) is 5.44 Å². The molecule has 1 aromatic carbocycles. The molecule has 0 bridgehead atoms. The van der Waals surface area contributed by atoms with E-state index in [1.165, 1.54) is 31.4 Å². The topological polar surface area (TPSA) is 134 Å². The molecular weight excluding hydrogens is 316 g/mol. The standard InChI is InChI=1S/C13H18O8S/c1-20-7-2-4-8(5-3-7)22(18,19)13-12(17)11(16)10(15)9(6-14)21-13/h2-5,9-17H,6H2,1H3/t9-,10+,11+,12-,13+/m1/s1. The van der Waals surface area contributed by atoms with Crippen LogP contribution in [0, 0.1) is 0 Å². The summed E-state index contributed by atoms with van der Waals surface area (Å²) < 4.78 is 35.0. The molecule has 1 aromatic rings. The van der Waals surface area contributed by atoms with Gasteiger partial charge in [-0.3, -0.25) is 0 Å². The highest BCUT2D eigenvalue weighted by atomic mass is 32.2. The number of sulfone groups is 1. The van der Waals surface area contributed by atoms with Gasteiger partial charge in [0.05, 0.1) is 18.6 Å². The third kappa shape index (κ3) is 2.96. The van der Waals surface area contributed by atoms with Crippen LogP contribution in [0.3, 0.4) is 0 Å². The van der Waals surface area contributed by atoms with E-state index in [2.05, 4.69) is 0 Å². The van der Waals surface area contributed by atoms with Gasteiger partial charge >= 0.3 is 0 Å². The van der Waals surface area contributed by atoms with Crippen molar-refractivity contribution in [1.29, 1.82) is 0 Å². The number of benzene rings is 1. The van der Waals surface area contributed by atoms with Crippen molar-refractivity contribution in [3.05, 3.63) is 24.3 Å². The number of hydrogen-bond acceptors (Lipinski definition) is 8. The molecule has 4 N–H and O–H groups in total. The molecule has 8 nitrogen and oxygen atoms in total. The van der Waals surface area contributed by atoms with E-state index in [0.29, 0.717) is 5.75 Å². The van der Waals surface area contributed by atoms with Crippen molar-refractivity contribution in [3.8, 4) is 5.75 Å². The summed E-state index contributed by atoms with van der Waals surface area (Å²) in [6, 6.07) is 5.40. The quantitative estimate of drug-likeness (QED) is 0.510. The van der Waals surface area contributed by atoms with Crippen LogP contribution in [-0.2, 0) is 14.6 Å². The monoisotopic (exact) mass is 334 g/mol. The lowest BCUT2D eigenvalue weighted by Crippen LogP contribution is -2.60. The summed E-state index contributed by atoms with van der Waals surface area (Å²) >= 11 is 0. The molecule has 1 saturated heterocycles. The fourth-order valence-electron chi connectivity index (χ4n) is 2.22. The maximum absolute atomic E-state index is 12.5. The van der Waals surface area contributed by atoms with Crippen molar-refractivity contribution >= 4 is 9.84 Å². The van der Waals surface area contributed by atoms with E-state index in [0.717, 1.165) is 0 Å². The van der Waals surface area contributed by atoms with Gasteiger partial charge in [0.2, 0.25) is 9.84 Å². The minimum Gasteiger partial charge on any atom is -0.497 e. The van der Waals surface area contributed by atoms with Crippen molar-refractivity contribution < 1.29 is 38.3 Å². The second-order valence-electron chi connectivity index (χ2n) is 4.92. The molecule has 0 radical (unpaired) electrons. The Morgan fingerprint density at radius 2 is 1.68 bits per heavy atom. The molecule has 22 heavy (non-hydrogen) atoms. The van der Waals surface area contributed by atoms with Crippen LogP contribution in [0.5, 0.6) is 5.75 Å². The highest BCUT2D eigenvalue weighted by Crippen LogP contribution is 2.29. The van der Waals surface area contributed by atoms with E-state index in [1.807, 2.05) is 0 Å². The molecule has 1 aliphatic heterocycles. The molecule has 0 aliphatic carbocycles. The zero-order valence-corrected chi connectivity index (χ0v) is 12.5. The van der Waals surface area contributed by atoms with Gasteiger partial charge in [-0.1, -0.05) is 0 Å². The summed E-state index contributed by atoms with van der Waals surface area (Å²) in [5, 5.41) is 38.4. The van der Waals surface area contributed by atoms with Crippen LogP contribution in [0.25, 0.3) is 0 Å². The molecular formula is C13H18O8S. The smallest absolute Gasteiger partial charge is 0.207 e. The molecule has 9 heteroatoms. The molecule has 2 rings (SSSR count). The minimum absolute atomic E-state index is 0.141. The normalized spacial score (nSPS) is 32.7. The number of ether oxygens (including phenoxy) is 2. The maximum atomic E-state index is 12.5. The predicted octanol–water partition coefficient (Wildman–Crippen LogP) is -1.73. The largest absolute Gasteiger partial charge is 0.497 e. The van der Waals surface area contributed by atoms with Crippen LogP contribution in [0.2, 0.25) is 0 Å². The lowest BCUT2D eigenvalue weighted by atomic mass is 10.0. The highest BCUT2D eigenvalue weighted by molar-refractivity contribution is 7.92. The molecule has 0 spiro atoms. The fourth-order valence-corrected chi connectivity index (χ4v) is 3.82. The van der Waals surface area contributed by atoms with E-state index >= 15 is 0 Å². The van der Waals surface area contributed by atoms with Crippen LogP contribution >= 0.6 is 0 Å². The summed E-state index contributed by atoms with van der Waals surface area (Å²) in [7, 11) is -2.71. The summed E-state index contributed by atoms with van der Waals surface area (Å²) in [5.41, 5.74) is -1.79. The Labute approximate surface area is 127 Å². The Balaban J connectivity index is 2.34. The first-order valence-electron chi connectivity index (χ1n) is 6.51. The van der Waals surface area contributed by atoms with Crippen molar-refractivity contribution in [2.45, 2.75) is 34.7 Å². The molecule has 1 aliphatic rings. The van der Waals surface area contributed by atoms with Crippen LogP contribution in [-0.4, -0.2) is 72.4 Å². The fraction of sp³-hybridized carbons (Fsp3) is 0.538. The van der Waals surface area contributed by atoms with Crippen LogP contribution in [0.15, 0.2) is 29.2 Å². The molecule has 1 fully saturated rings. The van der Waals surface area contributed by atoms with Gasteiger partial charge in [-0.15, -0.1) is 0 Å². The molecule has 124 valence electrons. The number of aliphatic hydroxyl groups excluding tert-OH is 4. The average Bonchev–Trinajstić information content (AvgIpc) is 2.52. The van der Waals surface area contributed by atoms with E-state index in [-0.39, 0.29) is 4.90 Å². The SMILES string of the molecule is COc1ccc(S(=O)(=O)[C@@H]2O[C@H](CO)[C@H](O)[C@H](O)[C@H]2O)cc1. The Morgan fingerprint density at radius 1 is 1.09 bits per heavy atom. The van der Waals surface area contributed by atoms with Crippen molar-refractivity contribution in [1.82, 2.24) is 0 Å². The summed E-state index contributed by atoms with van der Waals surface area (Å²) in [5.74, 6) is 0.452. The zero-order valence-electron chi connectivity index (χ0n) is 11.7. The average molecular weight is 334 g/mol. The van der Waals surface area contributed by atoms with Crippen LogP contribution < -0.4 is 4.74 Å². The molecule has 0 saturated carbocycles. The third-order valence-corrected chi connectivity index (χ3v) is 5.47. The zero-order chi connectivity index (χ0) is 16.5. The summed E-state index contributed by atoms with van der Waals surface area (Å²) in [6.07, 6.45) is -6.48. The van der Waals surface area contributed by atoms with E-state index in [1.54, 1.807) is 0 Å². The third-order valence-electron chi connectivity index (χ3n) is 3.54. The van der Waals surface area contributed by atoms with Crippen LogP contribution in [0.4, 0.5) is 0 Å². The molecule has 1 heterocycles. The van der Waals surface area contributed by atoms with Gasteiger partial charge in [0, 0.05) is 0 Å². The Bertz CT molecular complexity index is 597. The van der Waals surface area contributed by atoms with Gasteiger partial charge in [-0.2, -0.15) is 0 Å². The molecule has 0 unspecified atom stereocenters. The predicted molar refractivity (Wildman–Crippen MR) is 73.9 cm³/mol. The molecule has 0 aromatic heterocycles. The number of hydrogen-bond donors (Lipinski definition) is 4. The van der Waals surface area contributed by atoms with Gasteiger partial charge in [0.25, 0.3) is 0 Å². The van der Waals surface area contributed by atoms with Crippen molar-refractivity contribution in [3.63, 3.8) is 0 Å².